The van der Waals surface area contributed by atoms with E-state index in [1.807, 2.05) is 30.3 Å². The molecule has 4 nitrogen and oxygen atoms in total. The van der Waals surface area contributed by atoms with Crippen LogP contribution in [0.3, 0.4) is 0 Å². The Kier molecular flexibility index (Phi) is 4.75. The molecule has 22 heavy (non-hydrogen) atoms. The Morgan fingerprint density at radius 2 is 2.09 bits per heavy atom. The number of Topliss-reactive ketones (excluding diaryl/α,β-unsaturated/α-hetero) is 1. The fraction of sp³-hybridized carbons (Fsp3) is 0.294. The highest BCUT2D eigenvalue weighted by atomic mass is 32.2. The van der Waals surface area contributed by atoms with Crippen LogP contribution in [0.4, 0.5) is 0 Å². The molecule has 1 heterocycles. The lowest BCUT2D eigenvalue weighted by molar-refractivity contribution is -0.131. The summed E-state index contributed by atoms with van der Waals surface area (Å²) in [5.74, 6) is 1.15. The summed E-state index contributed by atoms with van der Waals surface area (Å²) in [6.45, 7) is 0.528. The zero-order valence-electron chi connectivity index (χ0n) is 12.0. The van der Waals surface area contributed by atoms with Crippen LogP contribution in [-0.2, 0) is 9.59 Å². The lowest BCUT2D eigenvalue weighted by Crippen LogP contribution is -2.39. The lowest BCUT2D eigenvalue weighted by Gasteiger charge is -2.15. The molecule has 0 saturated carbocycles. The molecule has 0 aromatic heterocycles. The Hall–Kier alpha value is -1.85. The molecular formula is C17H17NO3S. The largest absolute Gasteiger partial charge is 0.494 e. The maximum atomic E-state index is 11.5. The molecule has 3 rings (SSSR count). The zero-order chi connectivity index (χ0) is 15.4. The van der Waals surface area contributed by atoms with Crippen LogP contribution in [-0.4, -0.2) is 35.8 Å². The van der Waals surface area contributed by atoms with Crippen LogP contribution >= 0.6 is 11.8 Å². The molecule has 2 aromatic rings. The molecule has 0 radical (unpaired) electrons. The molecular weight excluding hydrogens is 298 g/mol. The molecule has 2 aromatic carbocycles. The number of aldehydes is 1. The maximum Gasteiger partial charge on any atom is 0.213 e. The fourth-order valence-corrected chi connectivity index (χ4v) is 3.81. The van der Waals surface area contributed by atoms with E-state index < -0.39 is 0 Å². The van der Waals surface area contributed by atoms with Crippen LogP contribution in [0.15, 0.2) is 42.5 Å². The number of rotatable bonds is 6. The molecule has 1 aliphatic rings. The van der Waals surface area contributed by atoms with Crippen molar-refractivity contribution in [2.75, 3.05) is 12.5 Å². The minimum atomic E-state index is -0.374. The number of nitrogens with one attached hydrogen (secondary N) is 1. The van der Waals surface area contributed by atoms with Crippen LogP contribution < -0.4 is 10.1 Å². The molecule has 2 atom stereocenters. The van der Waals surface area contributed by atoms with Gasteiger partial charge in [-0.2, -0.15) is 0 Å². The van der Waals surface area contributed by atoms with Crippen molar-refractivity contribution in [3.63, 3.8) is 0 Å². The Balaban J connectivity index is 1.57. The van der Waals surface area contributed by atoms with Gasteiger partial charge in [0.05, 0.1) is 12.6 Å². The van der Waals surface area contributed by atoms with Gasteiger partial charge in [0.15, 0.2) is 6.29 Å². The second-order valence-electron chi connectivity index (χ2n) is 5.20. The predicted octanol–water partition coefficient (Wildman–Crippen LogP) is 2.41. The smallest absolute Gasteiger partial charge is 0.213 e. The van der Waals surface area contributed by atoms with Gasteiger partial charge in [-0.05, 0) is 29.3 Å². The number of carbonyl (C=O) groups is 2. The summed E-state index contributed by atoms with van der Waals surface area (Å²) in [6.07, 6.45) is 1.13. The van der Waals surface area contributed by atoms with Crippen molar-refractivity contribution in [1.82, 2.24) is 5.32 Å². The van der Waals surface area contributed by atoms with Gasteiger partial charge in [-0.1, -0.05) is 30.3 Å². The second-order valence-corrected chi connectivity index (χ2v) is 6.43. The van der Waals surface area contributed by atoms with Gasteiger partial charge in [0, 0.05) is 11.1 Å². The van der Waals surface area contributed by atoms with Crippen molar-refractivity contribution >= 4 is 34.6 Å². The molecule has 1 aliphatic heterocycles. The Morgan fingerprint density at radius 1 is 1.27 bits per heavy atom. The maximum absolute atomic E-state index is 11.5. The summed E-state index contributed by atoms with van der Waals surface area (Å²) >= 11 is 1.66. The van der Waals surface area contributed by atoms with E-state index in [1.54, 1.807) is 11.8 Å². The van der Waals surface area contributed by atoms with Crippen molar-refractivity contribution in [1.29, 1.82) is 0 Å². The molecule has 114 valence electrons. The molecule has 5 heteroatoms. The van der Waals surface area contributed by atoms with Crippen molar-refractivity contribution in [3.8, 4) is 5.75 Å². The molecule has 0 amide bonds. The average molecular weight is 315 g/mol. The summed E-state index contributed by atoms with van der Waals surface area (Å²) in [7, 11) is 0. The third kappa shape index (κ3) is 3.31. The topological polar surface area (TPSA) is 55.4 Å². The summed E-state index contributed by atoms with van der Waals surface area (Å²) in [5.41, 5.74) is 0. The highest BCUT2D eigenvalue weighted by Gasteiger charge is 2.32. The number of hydrogen-bond acceptors (Lipinski definition) is 5. The third-order valence-corrected chi connectivity index (χ3v) is 5.06. The summed E-state index contributed by atoms with van der Waals surface area (Å²) < 4.78 is 5.80. The Morgan fingerprint density at radius 3 is 2.91 bits per heavy atom. The first kappa shape index (κ1) is 15.1. The van der Waals surface area contributed by atoms with Gasteiger partial charge >= 0.3 is 0 Å². The van der Waals surface area contributed by atoms with Gasteiger partial charge < -0.3 is 4.74 Å². The monoisotopic (exact) mass is 315 g/mol. The minimum Gasteiger partial charge on any atom is -0.494 e. The fourth-order valence-electron chi connectivity index (χ4n) is 2.63. The summed E-state index contributed by atoms with van der Waals surface area (Å²) in [6, 6.07) is 13.8. The normalized spacial score (nSPS) is 20.9. The van der Waals surface area contributed by atoms with Crippen LogP contribution in [0.1, 0.15) is 6.42 Å². The highest BCUT2D eigenvalue weighted by Crippen LogP contribution is 2.25. The van der Waals surface area contributed by atoms with Crippen molar-refractivity contribution in [2.24, 2.45) is 0 Å². The van der Waals surface area contributed by atoms with Gasteiger partial charge in [0.25, 0.3) is 0 Å². The first-order chi connectivity index (χ1) is 10.8. The van der Waals surface area contributed by atoms with Gasteiger partial charge in [-0.3, -0.25) is 14.9 Å². The average Bonchev–Trinajstić information content (AvgIpc) is 3.02. The van der Waals surface area contributed by atoms with Crippen molar-refractivity contribution in [3.05, 3.63) is 42.5 Å². The number of benzene rings is 2. The molecule has 1 saturated heterocycles. The van der Waals surface area contributed by atoms with E-state index in [0.29, 0.717) is 18.8 Å². The van der Waals surface area contributed by atoms with E-state index in [9.17, 15) is 9.59 Å². The van der Waals surface area contributed by atoms with Crippen LogP contribution in [0, 0.1) is 0 Å². The van der Waals surface area contributed by atoms with Crippen molar-refractivity contribution in [2.45, 2.75) is 17.7 Å². The molecule has 0 bridgehead atoms. The zero-order valence-corrected chi connectivity index (χ0v) is 12.8. The molecule has 0 spiro atoms. The number of thioether (sulfide) groups is 1. The first-order valence-electron chi connectivity index (χ1n) is 7.23. The minimum absolute atomic E-state index is 0.0955. The van der Waals surface area contributed by atoms with Gasteiger partial charge in [0.2, 0.25) is 5.78 Å². The number of hydrogen-bond donors (Lipinski definition) is 1. The van der Waals surface area contributed by atoms with Gasteiger partial charge in [0.1, 0.15) is 5.75 Å². The van der Waals surface area contributed by atoms with Crippen LogP contribution in [0.25, 0.3) is 10.8 Å². The summed E-state index contributed by atoms with van der Waals surface area (Å²) in [4.78, 5) is 22.1. The molecule has 1 N–H and O–H groups in total. The van der Waals surface area contributed by atoms with E-state index in [2.05, 4.69) is 17.4 Å². The number of ketones is 1. The molecule has 1 fully saturated rings. The second kappa shape index (κ2) is 6.94. The summed E-state index contributed by atoms with van der Waals surface area (Å²) in [5, 5.41) is 5.48. The van der Waals surface area contributed by atoms with E-state index in [1.165, 1.54) is 5.39 Å². The number of fused-ring (bicyclic) bond motifs is 1. The lowest BCUT2D eigenvalue weighted by atomic mass is 10.1. The quantitative estimate of drug-likeness (QED) is 0.655. The predicted molar refractivity (Wildman–Crippen MR) is 88.3 cm³/mol. The van der Waals surface area contributed by atoms with Crippen molar-refractivity contribution < 1.29 is 14.3 Å². The Labute approximate surface area is 133 Å². The van der Waals surface area contributed by atoms with Gasteiger partial charge in [-0.25, -0.2) is 0 Å². The Bertz CT molecular complexity index is 688. The SMILES string of the molecule is O=CC(=O)C1NCSC1CCOc1ccc2ccccc2c1. The van der Waals surface area contributed by atoms with E-state index in [-0.39, 0.29) is 17.1 Å². The standard InChI is InChI=1S/C17H17NO3S/c19-10-15(20)17-16(22-11-18-17)7-8-21-14-6-5-12-3-1-2-4-13(12)9-14/h1-6,9-10,16-18H,7-8,11H2. The molecule has 0 aliphatic carbocycles. The van der Waals surface area contributed by atoms with Crippen LogP contribution in [0.5, 0.6) is 5.75 Å². The van der Waals surface area contributed by atoms with E-state index >= 15 is 0 Å². The third-order valence-electron chi connectivity index (χ3n) is 3.79. The first-order valence-corrected chi connectivity index (χ1v) is 8.28. The number of ether oxygens (including phenoxy) is 1. The highest BCUT2D eigenvalue weighted by molar-refractivity contribution is 8.00. The van der Waals surface area contributed by atoms with Gasteiger partial charge in [-0.15, -0.1) is 11.8 Å². The molecule has 2 unspecified atom stereocenters. The van der Waals surface area contributed by atoms with E-state index in [0.717, 1.165) is 17.6 Å². The number of carbonyl (C=O) groups excluding carboxylic acids is 2. The van der Waals surface area contributed by atoms with Crippen LogP contribution in [0.2, 0.25) is 0 Å². The van der Waals surface area contributed by atoms with E-state index in [4.69, 9.17) is 4.74 Å².